The highest BCUT2D eigenvalue weighted by Crippen LogP contribution is 2.06. The van der Waals surface area contributed by atoms with Gasteiger partial charge in [-0.05, 0) is 18.2 Å². The summed E-state index contributed by atoms with van der Waals surface area (Å²) in [4.78, 5) is 25.3. The molecule has 5 nitrogen and oxygen atoms in total. The van der Waals surface area contributed by atoms with Crippen LogP contribution in [0.4, 0.5) is 4.39 Å². The number of rotatable bonds is 1. The van der Waals surface area contributed by atoms with Gasteiger partial charge < -0.3 is 10.7 Å². The van der Waals surface area contributed by atoms with Gasteiger partial charge in [-0.15, -0.1) is 0 Å². The highest BCUT2D eigenvalue weighted by molar-refractivity contribution is 5.77. The van der Waals surface area contributed by atoms with Crippen LogP contribution in [-0.2, 0) is 6.67 Å². The Bertz CT molecular complexity index is 629. The van der Waals surface area contributed by atoms with Gasteiger partial charge in [-0.25, -0.2) is 13.8 Å². The predicted molar refractivity (Wildman–Crippen MR) is 53.0 cm³/mol. The highest BCUT2D eigenvalue weighted by Gasteiger charge is 2.06. The molecule has 0 spiro atoms. The lowest BCUT2D eigenvalue weighted by Crippen LogP contribution is -2.37. The van der Waals surface area contributed by atoms with E-state index >= 15 is 0 Å². The summed E-state index contributed by atoms with van der Waals surface area (Å²) in [5.41, 5.74) is 4.26. The van der Waals surface area contributed by atoms with Gasteiger partial charge >= 0.3 is 5.69 Å². The van der Waals surface area contributed by atoms with Gasteiger partial charge in [0.05, 0.1) is 17.6 Å². The van der Waals surface area contributed by atoms with E-state index < -0.39 is 17.1 Å². The normalized spacial score (nSPS) is 10.8. The van der Waals surface area contributed by atoms with Crippen molar-refractivity contribution in [3.05, 3.63) is 44.9 Å². The lowest BCUT2D eigenvalue weighted by Gasteiger charge is -2.02. The second kappa shape index (κ2) is 3.32. The quantitative estimate of drug-likeness (QED) is 0.679. The average molecular weight is 209 g/mol. The van der Waals surface area contributed by atoms with Gasteiger partial charge in [0, 0.05) is 0 Å². The number of aromatic amines is 1. The molecule has 0 radical (unpaired) electrons. The van der Waals surface area contributed by atoms with Crippen LogP contribution in [0, 0.1) is 5.82 Å². The molecule has 0 saturated heterocycles. The molecule has 78 valence electrons. The van der Waals surface area contributed by atoms with Crippen LogP contribution in [0.3, 0.4) is 0 Å². The Morgan fingerprint density at radius 2 is 2.13 bits per heavy atom. The minimum Gasteiger partial charge on any atom is -0.313 e. The number of nitrogens with one attached hydrogen (secondary N) is 1. The third-order valence-electron chi connectivity index (χ3n) is 2.13. The van der Waals surface area contributed by atoms with Crippen molar-refractivity contribution < 1.29 is 4.39 Å². The summed E-state index contributed by atoms with van der Waals surface area (Å²) in [7, 11) is 0. The van der Waals surface area contributed by atoms with E-state index in [0.29, 0.717) is 0 Å². The lowest BCUT2D eigenvalue weighted by atomic mass is 10.2. The molecule has 3 N–H and O–H groups in total. The summed E-state index contributed by atoms with van der Waals surface area (Å²) in [5, 5.41) is 0.237. The first-order valence-electron chi connectivity index (χ1n) is 4.26. The van der Waals surface area contributed by atoms with E-state index in [1.165, 1.54) is 6.07 Å². The molecule has 0 atom stereocenters. The number of nitrogens with zero attached hydrogens (tertiary/aromatic N) is 1. The molecule has 2 aromatic rings. The number of halogens is 1. The van der Waals surface area contributed by atoms with Crippen LogP contribution in [0.1, 0.15) is 0 Å². The molecule has 0 aliphatic carbocycles. The summed E-state index contributed by atoms with van der Waals surface area (Å²) in [6.07, 6.45) is 0. The summed E-state index contributed by atoms with van der Waals surface area (Å²) in [6.45, 7) is -0.207. The lowest BCUT2D eigenvalue weighted by molar-refractivity contribution is 0.627. The van der Waals surface area contributed by atoms with Crippen LogP contribution in [0.15, 0.2) is 27.8 Å². The molecule has 1 aromatic heterocycles. The van der Waals surface area contributed by atoms with Crippen molar-refractivity contribution in [3.8, 4) is 0 Å². The Morgan fingerprint density at radius 3 is 2.80 bits per heavy atom. The third kappa shape index (κ3) is 1.44. The van der Waals surface area contributed by atoms with Gasteiger partial charge in [0.15, 0.2) is 0 Å². The SMILES string of the molecule is NCn1c(=O)[nH]c2cc(F)ccc2c1=O. The Hall–Kier alpha value is -1.95. The van der Waals surface area contributed by atoms with E-state index in [2.05, 4.69) is 4.98 Å². The van der Waals surface area contributed by atoms with Gasteiger partial charge in [-0.1, -0.05) is 0 Å². The molecular weight excluding hydrogens is 201 g/mol. The van der Waals surface area contributed by atoms with Crippen molar-refractivity contribution in [2.45, 2.75) is 6.67 Å². The number of hydrogen-bond acceptors (Lipinski definition) is 3. The number of fused-ring (bicyclic) bond motifs is 1. The fourth-order valence-electron chi connectivity index (χ4n) is 1.39. The fourth-order valence-corrected chi connectivity index (χ4v) is 1.39. The van der Waals surface area contributed by atoms with E-state index in [1.54, 1.807) is 0 Å². The van der Waals surface area contributed by atoms with Crippen molar-refractivity contribution >= 4 is 10.9 Å². The Balaban J connectivity index is 2.98. The summed E-state index contributed by atoms with van der Waals surface area (Å²) in [6, 6.07) is 3.57. The Kier molecular flexibility index (Phi) is 2.12. The van der Waals surface area contributed by atoms with Crippen LogP contribution in [-0.4, -0.2) is 9.55 Å². The Labute approximate surface area is 83.0 Å². The molecule has 6 heteroatoms. The summed E-state index contributed by atoms with van der Waals surface area (Å²) in [5.74, 6) is -0.511. The fraction of sp³-hybridized carbons (Fsp3) is 0.111. The standard InChI is InChI=1S/C9H8FN3O2/c10-5-1-2-6-7(3-5)12-9(15)13(4-11)8(6)14/h1-3H,4,11H2,(H,12,15). The zero-order valence-electron chi connectivity index (χ0n) is 7.66. The van der Waals surface area contributed by atoms with E-state index in [1.807, 2.05) is 0 Å². The summed E-state index contributed by atoms with van der Waals surface area (Å²) < 4.78 is 13.7. The predicted octanol–water partition coefficient (Wildman–Crippen LogP) is -0.255. The largest absolute Gasteiger partial charge is 0.329 e. The highest BCUT2D eigenvalue weighted by atomic mass is 19.1. The van der Waals surface area contributed by atoms with Crippen molar-refractivity contribution in [2.75, 3.05) is 0 Å². The van der Waals surface area contributed by atoms with Gasteiger partial charge in [0.25, 0.3) is 5.56 Å². The molecular formula is C9H8FN3O2. The van der Waals surface area contributed by atoms with Crippen LogP contribution in [0.5, 0.6) is 0 Å². The Morgan fingerprint density at radius 1 is 1.40 bits per heavy atom. The van der Waals surface area contributed by atoms with Crippen molar-refractivity contribution in [2.24, 2.45) is 5.73 Å². The smallest absolute Gasteiger partial charge is 0.313 e. The van der Waals surface area contributed by atoms with E-state index in [9.17, 15) is 14.0 Å². The maximum atomic E-state index is 12.8. The molecule has 0 unspecified atom stereocenters. The first kappa shape index (κ1) is 9.60. The molecule has 15 heavy (non-hydrogen) atoms. The molecule has 1 heterocycles. The first-order valence-corrected chi connectivity index (χ1v) is 4.26. The number of hydrogen-bond donors (Lipinski definition) is 2. The molecule has 0 aliphatic heterocycles. The van der Waals surface area contributed by atoms with E-state index in [4.69, 9.17) is 5.73 Å². The van der Waals surface area contributed by atoms with Crippen LogP contribution >= 0.6 is 0 Å². The minimum atomic E-state index is -0.638. The number of nitrogens with two attached hydrogens (primary N) is 1. The molecule has 1 aromatic carbocycles. The number of H-pyrrole nitrogens is 1. The van der Waals surface area contributed by atoms with Gasteiger partial charge in [-0.3, -0.25) is 4.79 Å². The number of aromatic nitrogens is 2. The maximum absolute atomic E-state index is 12.8. The van der Waals surface area contributed by atoms with Crippen LogP contribution in [0.25, 0.3) is 10.9 Å². The summed E-state index contributed by atoms with van der Waals surface area (Å²) >= 11 is 0. The van der Waals surface area contributed by atoms with E-state index in [-0.39, 0.29) is 17.6 Å². The van der Waals surface area contributed by atoms with Crippen LogP contribution in [0.2, 0.25) is 0 Å². The van der Waals surface area contributed by atoms with Crippen molar-refractivity contribution in [3.63, 3.8) is 0 Å². The van der Waals surface area contributed by atoms with Gasteiger partial charge in [0.1, 0.15) is 5.82 Å². The molecule has 0 aliphatic rings. The zero-order chi connectivity index (χ0) is 11.0. The first-order chi connectivity index (χ1) is 7.13. The second-order valence-corrected chi connectivity index (χ2v) is 3.04. The minimum absolute atomic E-state index is 0.176. The van der Waals surface area contributed by atoms with Gasteiger partial charge in [-0.2, -0.15) is 0 Å². The van der Waals surface area contributed by atoms with Crippen molar-refractivity contribution in [1.82, 2.24) is 9.55 Å². The number of benzene rings is 1. The molecule has 0 saturated carbocycles. The second-order valence-electron chi connectivity index (χ2n) is 3.04. The van der Waals surface area contributed by atoms with Gasteiger partial charge in [0.2, 0.25) is 0 Å². The van der Waals surface area contributed by atoms with Crippen molar-refractivity contribution in [1.29, 1.82) is 0 Å². The van der Waals surface area contributed by atoms with Crippen LogP contribution < -0.4 is 17.0 Å². The molecule has 0 bridgehead atoms. The monoisotopic (exact) mass is 209 g/mol. The molecule has 2 rings (SSSR count). The maximum Gasteiger partial charge on any atom is 0.329 e. The molecule has 0 amide bonds. The molecule has 0 fully saturated rings. The average Bonchev–Trinajstić information content (AvgIpc) is 2.17. The topological polar surface area (TPSA) is 80.9 Å². The zero-order valence-corrected chi connectivity index (χ0v) is 7.66. The van der Waals surface area contributed by atoms with E-state index in [0.717, 1.165) is 16.7 Å². The third-order valence-corrected chi connectivity index (χ3v) is 2.13.